The molecule has 8 heteroatoms. The van der Waals surface area contributed by atoms with E-state index >= 15 is 0 Å². The molecule has 0 aromatic heterocycles. The van der Waals surface area contributed by atoms with Gasteiger partial charge in [-0.2, -0.15) is 0 Å². The van der Waals surface area contributed by atoms with Crippen LogP contribution >= 0.6 is 0 Å². The van der Waals surface area contributed by atoms with Crippen molar-refractivity contribution in [3.8, 4) is 0 Å². The Morgan fingerprint density at radius 1 is 0.773 bits per heavy atom. The number of carbonyl (C=O) groups is 2. The highest BCUT2D eigenvalue weighted by Crippen LogP contribution is 2.06. The van der Waals surface area contributed by atoms with E-state index in [1.54, 1.807) is 0 Å². The molecule has 0 aromatic carbocycles. The minimum absolute atomic E-state index is 0.329. The van der Waals surface area contributed by atoms with E-state index in [2.05, 4.69) is 10.6 Å². The van der Waals surface area contributed by atoms with Crippen molar-refractivity contribution in [3.63, 3.8) is 0 Å². The summed E-state index contributed by atoms with van der Waals surface area (Å²) in [7, 11) is 0. The molecule has 6 N–H and O–H groups in total. The number of amides is 2. The van der Waals surface area contributed by atoms with Crippen molar-refractivity contribution in [1.29, 1.82) is 0 Å². The van der Waals surface area contributed by atoms with Gasteiger partial charge in [-0.25, -0.2) is 0 Å². The predicted octanol–water partition coefficient (Wildman–Crippen LogP) is -1.74. The van der Waals surface area contributed by atoms with E-state index < -0.39 is 36.2 Å². The van der Waals surface area contributed by atoms with E-state index in [4.69, 9.17) is 0 Å². The quantitative estimate of drug-likeness (QED) is 0.250. The number of nitrogens with one attached hydrogen (secondary N) is 2. The van der Waals surface area contributed by atoms with Gasteiger partial charge in [-0.05, 0) is 12.8 Å². The van der Waals surface area contributed by atoms with E-state index in [-0.39, 0.29) is 0 Å². The summed E-state index contributed by atoms with van der Waals surface area (Å²) < 4.78 is 0. The van der Waals surface area contributed by atoms with E-state index in [9.17, 15) is 30.0 Å². The largest absolute Gasteiger partial charge is 0.387 e. The van der Waals surface area contributed by atoms with Gasteiger partial charge in [0.2, 0.25) is 0 Å². The molecule has 0 aromatic rings. The van der Waals surface area contributed by atoms with E-state index in [0.29, 0.717) is 25.9 Å². The van der Waals surface area contributed by atoms with Crippen LogP contribution in [0.1, 0.15) is 39.5 Å². The van der Waals surface area contributed by atoms with Gasteiger partial charge in [-0.1, -0.05) is 26.7 Å². The molecule has 4 atom stereocenters. The highest BCUT2D eigenvalue weighted by molar-refractivity contribution is 5.83. The van der Waals surface area contributed by atoms with Crippen LogP contribution in [-0.2, 0) is 9.59 Å². The minimum Gasteiger partial charge on any atom is -0.387 e. The fourth-order valence-corrected chi connectivity index (χ4v) is 1.67. The second-order valence-corrected chi connectivity index (χ2v) is 5.16. The van der Waals surface area contributed by atoms with Gasteiger partial charge in [-0.15, -0.1) is 0 Å². The van der Waals surface area contributed by atoms with Crippen molar-refractivity contribution in [2.45, 2.75) is 63.9 Å². The lowest BCUT2D eigenvalue weighted by Gasteiger charge is -2.25. The zero-order valence-corrected chi connectivity index (χ0v) is 13.2. The molecule has 0 aliphatic rings. The first-order chi connectivity index (χ1) is 10.4. The number of unbranched alkanes of at least 4 members (excludes halogenated alkanes) is 2. The summed E-state index contributed by atoms with van der Waals surface area (Å²) >= 11 is 0. The molecule has 8 nitrogen and oxygen atoms in total. The SMILES string of the molecule is CCCCNC(=O)[C@@H](O)[C@@H](O)[C@H](O)[C@@H](O)C(=O)NCCCC. The highest BCUT2D eigenvalue weighted by atomic mass is 16.4. The average Bonchev–Trinajstić information content (AvgIpc) is 2.52. The molecule has 0 fully saturated rings. The van der Waals surface area contributed by atoms with Crippen molar-refractivity contribution in [3.05, 3.63) is 0 Å². The Kier molecular flexibility index (Phi) is 10.7. The van der Waals surface area contributed by atoms with Crippen molar-refractivity contribution < 1.29 is 30.0 Å². The monoisotopic (exact) mass is 320 g/mol. The van der Waals surface area contributed by atoms with Gasteiger partial charge >= 0.3 is 0 Å². The maximum atomic E-state index is 11.6. The fraction of sp³-hybridized carbons (Fsp3) is 0.857. The first kappa shape index (κ1) is 20.8. The molecule has 2 amide bonds. The predicted molar refractivity (Wildman–Crippen MR) is 79.9 cm³/mol. The van der Waals surface area contributed by atoms with E-state index in [0.717, 1.165) is 12.8 Å². The van der Waals surface area contributed by atoms with Gasteiger partial charge in [0.15, 0.2) is 12.2 Å². The first-order valence-corrected chi connectivity index (χ1v) is 7.64. The molecule has 0 bridgehead atoms. The van der Waals surface area contributed by atoms with Gasteiger partial charge in [0.05, 0.1) is 0 Å². The smallest absolute Gasteiger partial charge is 0.251 e. The molecule has 0 aliphatic carbocycles. The van der Waals surface area contributed by atoms with Crippen LogP contribution in [0.25, 0.3) is 0 Å². The molecule has 130 valence electrons. The molecular formula is C14H28N2O6. The zero-order chi connectivity index (χ0) is 17.1. The number of hydrogen-bond acceptors (Lipinski definition) is 6. The molecular weight excluding hydrogens is 292 g/mol. The second kappa shape index (κ2) is 11.4. The molecule has 22 heavy (non-hydrogen) atoms. The number of carbonyl (C=O) groups excluding carboxylic acids is 2. The van der Waals surface area contributed by atoms with Crippen LogP contribution < -0.4 is 10.6 Å². The standard InChI is InChI=1S/C14H28N2O6/c1-3-5-7-15-13(21)11(19)9(17)10(18)12(20)14(22)16-8-6-4-2/h9-12,17-20H,3-8H2,1-2H3,(H,15,21)(H,16,22)/t9-,10-,11-,12+/m0/s1. The van der Waals surface area contributed by atoms with Crippen molar-refractivity contribution in [2.24, 2.45) is 0 Å². The number of rotatable bonds is 11. The third kappa shape index (κ3) is 7.17. The topological polar surface area (TPSA) is 139 Å². The van der Waals surface area contributed by atoms with E-state index in [1.807, 2.05) is 13.8 Å². The van der Waals surface area contributed by atoms with Crippen LogP contribution in [0.3, 0.4) is 0 Å². The number of aliphatic hydroxyl groups excluding tert-OH is 4. The Bertz CT molecular complexity index is 307. The Labute approximate surface area is 130 Å². The van der Waals surface area contributed by atoms with Crippen LogP contribution in [-0.4, -0.2) is 69.7 Å². The molecule has 0 heterocycles. The Hall–Kier alpha value is -1.22. The van der Waals surface area contributed by atoms with Crippen molar-refractivity contribution >= 4 is 11.8 Å². The third-order valence-corrected chi connectivity index (χ3v) is 3.19. The molecule has 0 radical (unpaired) electrons. The molecule has 0 rings (SSSR count). The van der Waals surface area contributed by atoms with Crippen LogP contribution in [0.2, 0.25) is 0 Å². The lowest BCUT2D eigenvalue weighted by Crippen LogP contribution is -2.54. The van der Waals surface area contributed by atoms with Crippen LogP contribution in [0.5, 0.6) is 0 Å². The Morgan fingerprint density at radius 3 is 1.36 bits per heavy atom. The average molecular weight is 320 g/mol. The molecule has 0 spiro atoms. The van der Waals surface area contributed by atoms with Crippen molar-refractivity contribution in [1.82, 2.24) is 10.6 Å². The maximum Gasteiger partial charge on any atom is 0.251 e. The summed E-state index contributed by atoms with van der Waals surface area (Å²) in [4.78, 5) is 23.1. The third-order valence-electron chi connectivity index (χ3n) is 3.19. The first-order valence-electron chi connectivity index (χ1n) is 7.64. The number of aliphatic hydroxyl groups is 4. The summed E-state index contributed by atoms with van der Waals surface area (Å²) in [5, 5.41) is 43.5. The molecule has 0 aliphatic heterocycles. The fourth-order valence-electron chi connectivity index (χ4n) is 1.67. The van der Waals surface area contributed by atoms with E-state index in [1.165, 1.54) is 0 Å². The normalized spacial score (nSPS) is 16.5. The molecule has 0 unspecified atom stereocenters. The lowest BCUT2D eigenvalue weighted by atomic mass is 10.0. The summed E-state index contributed by atoms with van der Waals surface area (Å²) in [5.74, 6) is -1.72. The summed E-state index contributed by atoms with van der Waals surface area (Å²) in [6.45, 7) is 4.51. The Morgan fingerprint density at radius 2 is 1.09 bits per heavy atom. The number of hydrogen-bond donors (Lipinski definition) is 6. The van der Waals surface area contributed by atoms with Crippen LogP contribution in [0, 0.1) is 0 Å². The van der Waals surface area contributed by atoms with Gasteiger partial charge in [-0.3, -0.25) is 9.59 Å². The zero-order valence-electron chi connectivity index (χ0n) is 13.2. The van der Waals surface area contributed by atoms with Crippen LogP contribution in [0.15, 0.2) is 0 Å². The second-order valence-electron chi connectivity index (χ2n) is 5.16. The lowest BCUT2D eigenvalue weighted by molar-refractivity contribution is -0.155. The van der Waals surface area contributed by atoms with Gasteiger partial charge in [0.1, 0.15) is 12.2 Å². The van der Waals surface area contributed by atoms with Gasteiger partial charge in [0.25, 0.3) is 11.8 Å². The maximum absolute atomic E-state index is 11.6. The van der Waals surface area contributed by atoms with Crippen molar-refractivity contribution in [2.75, 3.05) is 13.1 Å². The van der Waals surface area contributed by atoms with Crippen LogP contribution in [0.4, 0.5) is 0 Å². The summed E-state index contributed by atoms with van der Waals surface area (Å²) in [5.41, 5.74) is 0. The van der Waals surface area contributed by atoms with Gasteiger partial charge in [0, 0.05) is 13.1 Å². The summed E-state index contributed by atoms with van der Waals surface area (Å²) in [6, 6.07) is 0. The molecule has 0 saturated heterocycles. The highest BCUT2D eigenvalue weighted by Gasteiger charge is 2.37. The van der Waals surface area contributed by atoms with Gasteiger partial charge < -0.3 is 31.1 Å². The minimum atomic E-state index is -1.96. The summed E-state index contributed by atoms with van der Waals surface area (Å²) in [6.07, 6.45) is -4.67. The Balaban J connectivity index is 4.39. The molecule has 0 saturated carbocycles.